The average molecular weight is 212 g/mol. The number of allylic oxidation sites excluding steroid dienone is 2. The summed E-state index contributed by atoms with van der Waals surface area (Å²) in [5, 5.41) is 0. The fourth-order valence-corrected chi connectivity index (χ4v) is 1.13. The molecular formula is C12H20O3. The van der Waals surface area contributed by atoms with Crippen molar-refractivity contribution in [2.24, 2.45) is 0 Å². The summed E-state index contributed by atoms with van der Waals surface area (Å²) >= 11 is 0. The summed E-state index contributed by atoms with van der Waals surface area (Å²) in [6, 6.07) is 0. The summed E-state index contributed by atoms with van der Waals surface area (Å²) in [5.74, 6) is -0.154. The van der Waals surface area contributed by atoms with Gasteiger partial charge in [0.2, 0.25) is 0 Å². The molecule has 0 aromatic rings. The Morgan fingerprint density at radius 1 is 1.07 bits per heavy atom. The molecule has 0 aromatic heterocycles. The normalized spacial score (nSPS) is 10.5. The highest BCUT2D eigenvalue weighted by Crippen LogP contribution is 2.01. The van der Waals surface area contributed by atoms with Crippen molar-refractivity contribution in [3.05, 3.63) is 12.2 Å². The summed E-state index contributed by atoms with van der Waals surface area (Å²) in [6.07, 6.45) is 6.85. The number of rotatable bonds is 8. The Morgan fingerprint density at radius 2 is 1.80 bits per heavy atom. The van der Waals surface area contributed by atoms with Crippen LogP contribution in [-0.2, 0) is 14.3 Å². The lowest BCUT2D eigenvalue weighted by Crippen LogP contribution is -2.07. The Kier molecular flexibility index (Phi) is 8.73. The molecule has 0 atom stereocenters. The largest absolute Gasteiger partial charge is 0.466 e. The summed E-state index contributed by atoms with van der Waals surface area (Å²) in [7, 11) is 0. The van der Waals surface area contributed by atoms with E-state index in [4.69, 9.17) is 4.74 Å². The zero-order chi connectivity index (χ0) is 11.5. The molecule has 0 amide bonds. The van der Waals surface area contributed by atoms with Gasteiger partial charge < -0.3 is 4.74 Å². The Balaban J connectivity index is 3.49. The van der Waals surface area contributed by atoms with Crippen molar-refractivity contribution in [3.8, 4) is 0 Å². The van der Waals surface area contributed by atoms with Crippen LogP contribution in [0.1, 0.15) is 46.0 Å². The van der Waals surface area contributed by atoms with E-state index in [1.807, 2.05) is 12.2 Å². The van der Waals surface area contributed by atoms with Crippen LogP contribution in [0.2, 0.25) is 0 Å². The summed E-state index contributed by atoms with van der Waals surface area (Å²) in [6.45, 7) is 4.20. The molecule has 0 aromatic carbocycles. The van der Waals surface area contributed by atoms with E-state index in [1.165, 1.54) is 0 Å². The van der Waals surface area contributed by atoms with Crippen molar-refractivity contribution >= 4 is 11.8 Å². The maximum atomic E-state index is 11.3. The third kappa shape index (κ3) is 9.19. The first kappa shape index (κ1) is 13.9. The minimum absolute atomic E-state index is 0.129. The number of ether oxygens (including phenoxy) is 1. The zero-order valence-corrected chi connectivity index (χ0v) is 9.62. The second-order valence-electron chi connectivity index (χ2n) is 3.26. The van der Waals surface area contributed by atoms with E-state index in [9.17, 15) is 9.59 Å². The number of Topliss-reactive ketones (excluding diaryl/α,β-unsaturated/α-hetero) is 1. The van der Waals surface area contributed by atoms with E-state index in [0.717, 1.165) is 12.8 Å². The van der Waals surface area contributed by atoms with Crippen molar-refractivity contribution in [1.29, 1.82) is 0 Å². The van der Waals surface area contributed by atoms with Crippen LogP contribution in [0.4, 0.5) is 0 Å². The van der Waals surface area contributed by atoms with Gasteiger partial charge >= 0.3 is 5.97 Å². The highest BCUT2D eigenvalue weighted by molar-refractivity contribution is 5.82. The summed E-state index contributed by atoms with van der Waals surface area (Å²) in [4.78, 5) is 22.2. The number of hydrogen-bond donors (Lipinski definition) is 0. The van der Waals surface area contributed by atoms with Crippen LogP contribution in [0.25, 0.3) is 0 Å². The first-order valence-corrected chi connectivity index (χ1v) is 5.53. The lowest BCUT2D eigenvalue weighted by Gasteiger charge is -2.00. The lowest BCUT2D eigenvalue weighted by molar-refractivity contribution is -0.144. The van der Waals surface area contributed by atoms with E-state index >= 15 is 0 Å². The average Bonchev–Trinajstić information content (AvgIpc) is 2.22. The molecule has 0 bridgehead atoms. The van der Waals surface area contributed by atoms with Gasteiger partial charge in [-0.05, 0) is 19.8 Å². The third-order valence-electron chi connectivity index (χ3n) is 1.91. The number of hydrogen-bond acceptors (Lipinski definition) is 3. The predicted octanol–water partition coefficient (Wildman–Crippen LogP) is 2.65. The second-order valence-corrected chi connectivity index (χ2v) is 3.26. The van der Waals surface area contributed by atoms with Gasteiger partial charge in [0.25, 0.3) is 0 Å². The molecule has 0 fully saturated rings. The van der Waals surface area contributed by atoms with Crippen LogP contribution in [0.5, 0.6) is 0 Å². The smallest absolute Gasteiger partial charge is 0.306 e. The molecule has 0 aliphatic heterocycles. The molecule has 0 heterocycles. The van der Waals surface area contributed by atoms with Gasteiger partial charge in [-0.25, -0.2) is 0 Å². The molecule has 0 N–H and O–H groups in total. The third-order valence-corrected chi connectivity index (χ3v) is 1.91. The van der Waals surface area contributed by atoms with Gasteiger partial charge in [-0.3, -0.25) is 9.59 Å². The molecule has 3 nitrogen and oxygen atoms in total. The topological polar surface area (TPSA) is 43.4 Å². The second kappa shape index (κ2) is 9.44. The number of carbonyl (C=O) groups is 2. The quantitative estimate of drug-likeness (QED) is 0.459. The zero-order valence-electron chi connectivity index (χ0n) is 9.62. The van der Waals surface area contributed by atoms with Crippen LogP contribution in [0.3, 0.4) is 0 Å². The van der Waals surface area contributed by atoms with Crippen LogP contribution >= 0.6 is 0 Å². The number of ketones is 1. The Labute approximate surface area is 91.5 Å². The van der Waals surface area contributed by atoms with Gasteiger partial charge in [-0.2, -0.15) is 0 Å². The fraction of sp³-hybridized carbons (Fsp3) is 0.667. The van der Waals surface area contributed by atoms with E-state index in [0.29, 0.717) is 19.4 Å². The maximum Gasteiger partial charge on any atom is 0.306 e. The van der Waals surface area contributed by atoms with E-state index < -0.39 is 0 Å². The molecule has 0 aliphatic carbocycles. The number of esters is 1. The van der Waals surface area contributed by atoms with Gasteiger partial charge in [0.15, 0.2) is 0 Å². The van der Waals surface area contributed by atoms with Crippen molar-refractivity contribution in [1.82, 2.24) is 0 Å². The highest BCUT2D eigenvalue weighted by Gasteiger charge is 2.06. The van der Waals surface area contributed by atoms with E-state index in [2.05, 4.69) is 6.92 Å². The maximum absolute atomic E-state index is 11.3. The first-order valence-electron chi connectivity index (χ1n) is 5.53. The van der Waals surface area contributed by atoms with Crippen LogP contribution < -0.4 is 0 Å². The molecule has 0 saturated carbocycles. The van der Waals surface area contributed by atoms with E-state index in [1.54, 1.807) is 6.92 Å². The summed E-state index contributed by atoms with van der Waals surface area (Å²) < 4.78 is 4.73. The molecule has 0 unspecified atom stereocenters. The molecule has 0 rings (SSSR count). The van der Waals surface area contributed by atoms with Crippen LogP contribution in [0.15, 0.2) is 12.2 Å². The molecule has 0 spiro atoms. The van der Waals surface area contributed by atoms with Crippen LogP contribution in [0, 0.1) is 0 Å². The molecule has 0 radical (unpaired) electrons. The monoisotopic (exact) mass is 212 g/mol. The molecule has 0 saturated heterocycles. The summed E-state index contributed by atoms with van der Waals surface area (Å²) in [5.41, 5.74) is 0. The molecule has 0 aliphatic rings. The van der Waals surface area contributed by atoms with Gasteiger partial charge in [0, 0.05) is 12.8 Å². The molecular weight excluding hydrogens is 192 g/mol. The van der Waals surface area contributed by atoms with Crippen molar-refractivity contribution in [2.75, 3.05) is 6.61 Å². The van der Waals surface area contributed by atoms with Gasteiger partial charge in [-0.1, -0.05) is 19.1 Å². The minimum atomic E-state index is -0.282. The SMILES string of the molecule is CC/C=C\CCC(=O)CCC(=O)OCC. The highest BCUT2D eigenvalue weighted by atomic mass is 16.5. The molecule has 15 heavy (non-hydrogen) atoms. The minimum Gasteiger partial charge on any atom is -0.466 e. The van der Waals surface area contributed by atoms with Gasteiger partial charge in [0.1, 0.15) is 5.78 Å². The predicted molar refractivity (Wildman–Crippen MR) is 59.5 cm³/mol. The van der Waals surface area contributed by atoms with Crippen molar-refractivity contribution in [2.45, 2.75) is 46.0 Å². The standard InChI is InChI=1S/C12H20O3/c1-3-5-6-7-8-11(13)9-10-12(14)15-4-2/h5-6H,3-4,7-10H2,1-2H3/b6-5-. The van der Waals surface area contributed by atoms with Gasteiger partial charge in [-0.15, -0.1) is 0 Å². The molecule has 86 valence electrons. The van der Waals surface area contributed by atoms with Crippen molar-refractivity contribution < 1.29 is 14.3 Å². The number of carbonyl (C=O) groups excluding carboxylic acids is 2. The molecule has 3 heteroatoms. The van der Waals surface area contributed by atoms with Gasteiger partial charge in [0.05, 0.1) is 13.0 Å². The first-order chi connectivity index (χ1) is 7.20. The van der Waals surface area contributed by atoms with Crippen LogP contribution in [-0.4, -0.2) is 18.4 Å². The Bertz CT molecular complexity index is 219. The lowest BCUT2D eigenvalue weighted by atomic mass is 10.1. The fourth-order valence-electron chi connectivity index (χ4n) is 1.13. The van der Waals surface area contributed by atoms with E-state index in [-0.39, 0.29) is 18.2 Å². The van der Waals surface area contributed by atoms with Crippen molar-refractivity contribution in [3.63, 3.8) is 0 Å². The Hall–Kier alpha value is -1.12. The Morgan fingerprint density at radius 3 is 2.40 bits per heavy atom.